The molecule has 3 heterocycles. The molecule has 2 aromatic heterocycles. The van der Waals surface area contributed by atoms with E-state index < -0.39 is 0 Å². The largest absolute Gasteiger partial charge is 0.376 e. The smallest absolute Gasteiger partial charge is 0.251 e. The third kappa shape index (κ3) is 4.13. The lowest BCUT2D eigenvalue weighted by Crippen LogP contribution is -2.31. The molecular weight excluding hydrogens is 390 g/mol. The fraction of sp³-hybridized carbons (Fsp3) is 0.208. The van der Waals surface area contributed by atoms with Gasteiger partial charge in [-0.05, 0) is 37.1 Å². The molecule has 156 valence electrons. The van der Waals surface area contributed by atoms with E-state index >= 15 is 0 Å². The summed E-state index contributed by atoms with van der Waals surface area (Å²) in [6.07, 6.45) is 7.54. The number of nitrogens with one attached hydrogen (secondary N) is 2. The Balaban J connectivity index is 1.37. The average Bonchev–Trinajstić information content (AvgIpc) is 3.47. The molecule has 7 nitrogen and oxygen atoms in total. The van der Waals surface area contributed by atoms with Crippen molar-refractivity contribution in [3.8, 4) is 11.3 Å². The van der Waals surface area contributed by atoms with Crippen molar-refractivity contribution in [3.63, 3.8) is 0 Å². The van der Waals surface area contributed by atoms with Crippen molar-refractivity contribution >= 4 is 23.1 Å². The fourth-order valence-corrected chi connectivity index (χ4v) is 3.78. The summed E-state index contributed by atoms with van der Waals surface area (Å²) in [5.41, 5.74) is 4.10. The Morgan fingerprint density at radius 2 is 1.97 bits per heavy atom. The zero-order chi connectivity index (χ0) is 21.0. The van der Waals surface area contributed by atoms with E-state index in [1.807, 2.05) is 65.2 Å². The minimum Gasteiger partial charge on any atom is -0.376 e. The number of hydrogen-bond acceptors (Lipinski definition) is 5. The topological polar surface area (TPSA) is 80.5 Å². The van der Waals surface area contributed by atoms with Crippen molar-refractivity contribution in [3.05, 3.63) is 78.8 Å². The average molecular weight is 413 g/mol. The molecule has 0 aliphatic carbocycles. The summed E-state index contributed by atoms with van der Waals surface area (Å²) in [7, 11) is 0. The molecule has 1 amide bonds. The van der Waals surface area contributed by atoms with Gasteiger partial charge in [0.25, 0.3) is 5.91 Å². The predicted octanol–water partition coefficient (Wildman–Crippen LogP) is 4.05. The lowest BCUT2D eigenvalue weighted by molar-refractivity contribution is 0.0858. The molecule has 0 radical (unpaired) electrons. The molecule has 0 bridgehead atoms. The van der Waals surface area contributed by atoms with E-state index in [-0.39, 0.29) is 12.0 Å². The zero-order valence-corrected chi connectivity index (χ0v) is 17.0. The van der Waals surface area contributed by atoms with Gasteiger partial charge < -0.3 is 15.4 Å². The van der Waals surface area contributed by atoms with Crippen LogP contribution in [0.3, 0.4) is 0 Å². The SMILES string of the molecule is O=C(NC[C@@H]1CCCO1)c1ccc(Nc2c(-c3ccccc3)nc3cnccn23)cc1. The van der Waals surface area contributed by atoms with Gasteiger partial charge in [0.2, 0.25) is 0 Å². The second-order valence-electron chi connectivity index (χ2n) is 7.53. The molecule has 1 atom stereocenters. The Bertz CT molecular complexity index is 1180. The van der Waals surface area contributed by atoms with Gasteiger partial charge >= 0.3 is 0 Å². The third-order valence-electron chi connectivity index (χ3n) is 5.40. The maximum absolute atomic E-state index is 12.4. The van der Waals surface area contributed by atoms with Crippen LogP contribution < -0.4 is 10.6 Å². The Hall–Kier alpha value is -3.71. The first-order valence-corrected chi connectivity index (χ1v) is 10.4. The summed E-state index contributed by atoms with van der Waals surface area (Å²) in [4.78, 5) is 21.4. The number of carbonyl (C=O) groups excluding carboxylic acids is 1. The minimum atomic E-state index is -0.0899. The van der Waals surface area contributed by atoms with Crippen LogP contribution >= 0.6 is 0 Å². The quantitative estimate of drug-likeness (QED) is 0.499. The van der Waals surface area contributed by atoms with E-state index in [0.717, 1.165) is 47.9 Å². The van der Waals surface area contributed by atoms with Crippen LogP contribution in [-0.4, -0.2) is 39.5 Å². The lowest BCUT2D eigenvalue weighted by atomic mass is 10.1. The Morgan fingerprint density at radius 3 is 2.74 bits per heavy atom. The molecule has 0 unspecified atom stereocenters. The van der Waals surface area contributed by atoms with Crippen molar-refractivity contribution < 1.29 is 9.53 Å². The van der Waals surface area contributed by atoms with E-state index in [0.29, 0.717) is 12.1 Å². The number of amides is 1. The Kier molecular flexibility index (Phi) is 5.33. The van der Waals surface area contributed by atoms with Gasteiger partial charge in [0.15, 0.2) is 5.65 Å². The summed E-state index contributed by atoms with van der Waals surface area (Å²) in [6.45, 7) is 1.33. The highest BCUT2D eigenvalue weighted by Gasteiger charge is 2.17. The van der Waals surface area contributed by atoms with Crippen molar-refractivity contribution in [1.82, 2.24) is 19.7 Å². The van der Waals surface area contributed by atoms with Crippen LogP contribution in [0.1, 0.15) is 23.2 Å². The molecular formula is C24H23N5O2. The van der Waals surface area contributed by atoms with E-state index in [1.165, 1.54) is 0 Å². The molecule has 1 aliphatic heterocycles. The van der Waals surface area contributed by atoms with Gasteiger partial charge in [-0.3, -0.25) is 14.2 Å². The molecule has 0 saturated carbocycles. The second kappa shape index (κ2) is 8.57. The maximum atomic E-state index is 12.4. The van der Waals surface area contributed by atoms with E-state index in [4.69, 9.17) is 9.72 Å². The van der Waals surface area contributed by atoms with E-state index in [1.54, 1.807) is 12.4 Å². The van der Waals surface area contributed by atoms with Crippen LogP contribution in [-0.2, 0) is 4.74 Å². The maximum Gasteiger partial charge on any atom is 0.251 e. The number of carbonyl (C=O) groups is 1. The number of nitrogens with zero attached hydrogens (tertiary/aromatic N) is 3. The summed E-state index contributed by atoms with van der Waals surface area (Å²) >= 11 is 0. The number of anilines is 2. The molecule has 0 spiro atoms. The number of imidazole rings is 1. The van der Waals surface area contributed by atoms with Crippen molar-refractivity contribution in [2.75, 3.05) is 18.5 Å². The van der Waals surface area contributed by atoms with Crippen LogP contribution in [0.25, 0.3) is 16.9 Å². The van der Waals surface area contributed by atoms with Gasteiger partial charge in [-0.25, -0.2) is 4.98 Å². The van der Waals surface area contributed by atoms with Gasteiger partial charge in [0, 0.05) is 42.4 Å². The molecule has 5 rings (SSSR count). The highest BCUT2D eigenvalue weighted by molar-refractivity contribution is 5.94. The molecule has 2 N–H and O–H groups in total. The number of rotatable bonds is 6. The van der Waals surface area contributed by atoms with Gasteiger partial charge in [0.05, 0.1) is 12.3 Å². The highest BCUT2D eigenvalue weighted by Crippen LogP contribution is 2.30. The van der Waals surface area contributed by atoms with Gasteiger partial charge in [-0.15, -0.1) is 0 Å². The van der Waals surface area contributed by atoms with Gasteiger partial charge in [0.1, 0.15) is 11.5 Å². The summed E-state index contributed by atoms with van der Waals surface area (Å²) in [6, 6.07) is 17.5. The summed E-state index contributed by atoms with van der Waals surface area (Å²) in [5, 5.41) is 6.41. The van der Waals surface area contributed by atoms with Crippen LogP contribution in [0.4, 0.5) is 11.5 Å². The highest BCUT2D eigenvalue weighted by atomic mass is 16.5. The van der Waals surface area contributed by atoms with E-state index in [2.05, 4.69) is 15.6 Å². The van der Waals surface area contributed by atoms with Crippen LogP contribution in [0.15, 0.2) is 73.2 Å². The third-order valence-corrected chi connectivity index (χ3v) is 5.40. The van der Waals surface area contributed by atoms with Crippen LogP contribution in [0, 0.1) is 0 Å². The molecule has 2 aromatic carbocycles. The number of hydrogen-bond donors (Lipinski definition) is 2. The predicted molar refractivity (Wildman–Crippen MR) is 119 cm³/mol. The Morgan fingerprint density at radius 1 is 1.13 bits per heavy atom. The normalized spacial score (nSPS) is 15.8. The molecule has 31 heavy (non-hydrogen) atoms. The van der Waals surface area contributed by atoms with Gasteiger partial charge in [-0.1, -0.05) is 30.3 Å². The minimum absolute atomic E-state index is 0.0899. The monoisotopic (exact) mass is 413 g/mol. The van der Waals surface area contributed by atoms with Crippen LogP contribution in [0.2, 0.25) is 0 Å². The fourth-order valence-electron chi connectivity index (χ4n) is 3.78. The number of ether oxygens (including phenoxy) is 1. The summed E-state index contributed by atoms with van der Waals surface area (Å²) in [5.74, 6) is 0.757. The van der Waals surface area contributed by atoms with E-state index in [9.17, 15) is 4.79 Å². The first-order valence-electron chi connectivity index (χ1n) is 10.4. The molecule has 1 aliphatic rings. The number of benzene rings is 2. The van der Waals surface area contributed by atoms with Crippen molar-refractivity contribution in [2.24, 2.45) is 0 Å². The zero-order valence-electron chi connectivity index (χ0n) is 17.0. The molecule has 4 aromatic rings. The standard InChI is InChI=1S/C24H23N5O2/c30-24(26-15-20-7-4-14-31-20)18-8-10-19(11-9-18)27-23-22(17-5-2-1-3-6-17)28-21-16-25-12-13-29(21)23/h1-3,5-6,8-13,16,20,27H,4,7,14-15H2,(H,26,30)/t20-/m0/s1. The van der Waals surface area contributed by atoms with Crippen molar-refractivity contribution in [2.45, 2.75) is 18.9 Å². The van der Waals surface area contributed by atoms with Crippen molar-refractivity contribution in [1.29, 1.82) is 0 Å². The Labute approximate surface area is 180 Å². The van der Waals surface area contributed by atoms with Crippen LogP contribution in [0.5, 0.6) is 0 Å². The number of aromatic nitrogens is 3. The second-order valence-corrected chi connectivity index (χ2v) is 7.53. The molecule has 7 heteroatoms. The molecule has 1 saturated heterocycles. The molecule has 1 fully saturated rings. The lowest BCUT2D eigenvalue weighted by Gasteiger charge is -2.12. The van der Waals surface area contributed by atoms with Gasteiger partial charge in [-0.2, -0.15) is 0 Å². The number of fused-ring (bicyclic) bond motifs is 1. The summed E-state index contributed by atoms with van der Waals surface area (Å²) < 4.78 is 7.53. The first-order chi connectivity index (χ1) is 15.3. The first kappa shape index (κ1) is 19.3.